The van der Waals surface area contributed by atoms with Crippen molar-refractivity contribution in [3.63, 3.8) is 0 Å². The fourth-order valence-corrected chi connectivity index (χ4v) is 1.35. The number of nitrogens with zero attached hydrogens (tertiary/aromatic N) is 1. The summed E-state index contributed by atoms with van der Waals surface area (Å²) >= 11 is 0. The van der Waals surface area contributed by atoms with Crippen LogP contribution < -0.4 is 5.90 Å². The van der Waals surface area contributed by atoms with Crippen LogP contribution in [0.5, 0.6) is 0 Å². The lowest BCUT2D eigenvalue weighted by Crippen LogP contribution is -2.26. The van der Waals surface area contributed by atoms with E-state index >= 15 is 0 Å². The van der Waals surface area contributed by atoms with Crippen LogP contribution in [0, 0.1) is 0 Å². The van der Waals surface area contributed by atoms with E-state index in [1.165, 1.54) is 0 Å². The van der Waals surface area contributed by atoms with Gasteiger partial charge in [-0.05, 0) is 12.5 Å². The van der Waals surface area contributed by atoms with Gasteiger partial charge >= 0.3 is 0 Å². The molecule has 4 heteroatoms. The molecule has 0 aromatic carbocycles. The highest BCUT2D eigenvalue weighted by Gasteiger charge is 2.14. The molecule has 0 fully saturated rings. The molecule has 0 aromatic rings. The van der Waals surface area contributed by atoms with Gasteiger partial charge < -0.3 is 9.57 Å². The van der Waals surface area contributed by atoms with Crippen molar-refractivity contribution < 1.29 is 9.57 Å². The van der Waals surface area contributed by atoms with Gasteiger partial charge in [0.05, 0.1) is 12.7 Å². The van der Waals surface area contributed by atoms with Crippen LogP contribution in [-0.4, -0.2) is 25.0 Å². The minimum atomic E-state index is -0.00740. The van der Waals surface area contributed by atoms with Gasteiger partial charge in [-0.1, -0.05) is 19.8 Å². The van der Waals surface area contributed by atoms with Crippen molar-refractivity contribution in [2.45, 2.75) is 38.4 Å². The summed E-state index contributed by atoms with van der Waals surface area (Å²) in [6.45, 7) is 2.59. The molecule has 0 saturated heterocycles. The maximum absolute atomic E-state index is 5.71. The average Bonchev–Trinajstić information content (AvgIpc) is 2.67. The van der Waals surface area contributed by atoms with Gasteiger partial charge in [0.15, 0.2) is 0 Å². The van der Waals surface area contributed by atoms with Gasteiger partial charge in [0.1, 0.15) is 6.10 Å². The molecule has 1 aliphatic rings. The van der Waals surface area contributed by atoms with Crippen molar-refractivity contribution in [1.82, 2.24) is 0 Å². The predicted molar refractivity (Wildman–Crippen MR) is 56.0 cm³/mol. The number of aliphatic imine (C=N–C) groups is 1. The number of ether oxygens (including phenoxy) is 1. The van der Waals surface area contributed by atoms with Crippen molar-refractivity contribution in [3.05, 3.63) is 12.3 Å². The molecular formula is C10H18N2O2. The molecule has 1 aliphatic heterocycles. The molecule has 1 heterocycles. The van der Waals surface area contributed by atoms with E-state index in [-0.39, 0.29) is 12.2 Å². The molecule has 80 valence electrons. The molecule has 0 spiro atoms. The SMILES string of the molecule is CCCCC(CON)OC1C=CN=C1. The monoisotopic (exact) mass is 198 g/mol. The standard InChI is InChI=1S/C10H18N2O2/c1-2-3-4-10(8-13-11)14-9-5-6-12-7-9/h5-7,9-10H,2-4,8,11H2,1H3. The topological polar surface area (TPSA) is 56.8 Å². The molecule has 14 heavy (non-hydrogen) atoms. The number of hydrogen-bond donors (Lipinski definition) is 1. The summed E-state index contributed by atoms with van der Waals surface area (Å²) in [4.78, 5) is 8.57. The van der Waals surface area contributed by atoms with Crippen molar-refractivity contribution >= 4 is 6.21 Å². The Morgan fingerprint density at radius 1 is 1.57 bits per heavy atom. The first-order valence-electron chi connectivity index (χ1n) is 5.04. The van der Waals surface area contributed by atoms with Gasteiger partial charge in [-0.3, -0.25) is 4.99 Å². The summed E-state index contributed by atoms with van der Waals surface area (Å²) in [6.07, 6.45) is 8.74. The van der Waals surface area contributed by atoms with Crippen molar-refractivity contribution in [2.24, 2.45) is 10.9 Å². The first kappa shape index (κ1) is 11.4. The molecular weight excluding hydrogens is 180 g/mol. The third-order valence-corrected chi connectivity index (χ3v) is 2.11. The minimum Gasteiger partial charge on any atom is -0.363 e. The second-order valence-electron chi connectivity index (χ2n) is 3.34. The lowest BCUT2D eigenvalue weighted by Gasteiger charge is -2.18. The highest BCUT2D eigenvalue weighted by molar-refractivity contribution is 5.69. The lowest BCUT2D eigenvalue weighted by atomic mass is 10.1. The van der Waals surface area contributed by atoms with Crippen LogP contribution in [0.3, 0.4) is 0 Å². The van der Waals surface area contributed by atoms with Crippen molar-refractivity contribution in [1.29, 1.82) is 0 Å². The van der Waals surface area contributed by atoms with E-state index in [1.54, 1.807) is 12.4 Å². The Kier molecular flexibility index (Phi) is 5.44. The van der Waals surface area contributed by atoms with E-state index in [2.05, 4.69) is 16.8 Å². The van der Waals surface area contributed by atoms with Crippen molar-refractivity contribution in [2.75, 3.05) is 6.61 Å². The molecule has 2 atom stereocenters. The highest BCUT2D eigenvalue weighted by atomic mass is 16.6. The Morgan fingerprint density at radius 2 is 2.43 bits per heavy atom. The smallest absolute Gasteiger partial charge is 0.113 e. The van der Waals surface area contributed by atoms with Gasteiger partial charge in [-0.2, -0.15) is 0 Å². The molecule has 1 rings (SSSR count). The molecule has 0 saturated carbocycles. The van der Waals surface area contributed by atoms with Gasteiger partial charge in [0.2, 0.25) is 0 Å². The van der Waals surface area contributed by atoms with Crippen LogP contribution in [-0.2, 0) is 9.57 Å². The van der Waals surface area contributed by atoms with Crippen LogP contribution in [0.1, 0.15) is 26.2 Å². The van der Waals surface area contributed by atoms with E-state index in [0.717, 1.165) is 19.3 Å². The van der Waals surface area contributed by atoms with Crippen LogP contribution in [0.4, 0.5) is 0 Å². The van der Waals surface area contributed by atoms with Gasteiger partial charge in [-0.25, -0.2) is 5.90 Å². The number of unbranched alkanes of at least 4 members (excludes halogenated alkanes) is 1. The van der Waals surface area contributed by atoms with E-state index < -0.39 is 0 Å². The quantitative estimate of drug-likeness (QED) is 0.629. The third kappa shape index (κ3) is 4.00. The number of hydrogen-bond acceptors (Lipinski definition) is 4. The van der Waals surface area contributed by atoms with Crippen LogP contribution in [0.15, 0.2) is 17.3 Å². The van der Waals surface area contributed by atoms with Gasteiger partial charge in [0.25, 0.3) is 0 Å². The van der Waals surface area contributed by atoms with E-state index in [9.17, 15) is 0 Å². The molecule has 0 amide bonds. The Bertz CT molecular complexity index is 192. The van der Waals surface area contributed by atoms with Gasteiger partial charge in [0, 0.05) is 12.4 Å². The number of nitrogens with two attached hydrogens (primary N) is 1. The summed E-state index contributed by atoms with van der Waals surface area (Å²) in [5.74, 6) is 5.04. The second-order valence-corrected chi connectivity index (χ2v) is 3.34. The molecule has 0 aliphatic carbocycles. The second kappa shape index (κ2) is 6.70. The maximum atomic E-state index is 5.71. The van der Waals surface area contributed by atoms with Crippen LogP contribution >= 0.6 is 0 Å². The Balaban J connectivity index is 2.26. The first-order valence-corrected chi connectivity index (χ1v) is 5.04. The lowest BCUT2D eigenvalue weighted by molar-refractivity contribution is -0.0251. The van der Waals surface area contributed by atoms with Crippen molar-refractivity contribution in [3.8, 4) is 0 Å². The normalized spacial score (nSPS) is 21.7. The Labute approximate surface area is 84.7 Å². The minimum absolute atomic E-state index is 0.00740. The summed E-state index contributed by atoms with van der Waals surface area (Å²) in [5, 5.41) is 0. The molecule has 2 unspecified atom stereocenters. The number of rotatable bonds is 7. The zero-order valence-electron chi connectivity index (χ0n) is 8.56. The fraction of sp³-hybridized carbons (Fsp3) is 0.700. The fourth-order valence-electron chi connectivity index (χ4n) is 1.35. The van der Waals surface area contributed by atoms with E-state index in [1.807, 2.05) is 6.08 Å². The van der Waals surface area contributed by atoms with Crippen LogP contribution in [0.2, 0.25) is 0 Å². The van der Waals surface area contributed by atoms with Crippen LogP contribution in [0.25, 0.3) is 0 Å². The molecule has 4 nitrogen and oxygen atoms in total. The molecule has 2 N–H and O–H groups in total. The summed E-state index contributed by atoms with van der Waals surface area (Å²) < 4.78 is 5.71. The molecule has 0 radical (unpaired) electrons. The zero-order valence-corrected chi connectivity index (χ0v) is 8.56. The Morgan fingerprint density at radius 3 is 3.00 bits per heavy atom. The largest absolute Gasteiger partial charge is 0.363 e. The first-order chi connectivity index (χ1) is 6.86. The molecule has 0 aromatic heterocycles. The van der Waals surface area contributed by atoms with E-state index in [0.29, 0.717) is 6.61 Å². The maximum Gasteiger partial charge on any atom is 0.113 e. The average molecular weight is 198 g/mol. The Hall–Kier alpha value is -0.710. The summed E-state index contributed by atoms with van der Waals surface area (Å²) in [6, 6.07) is 0. The highest BCUT2D eigenvalue weighted by Crippen LogP contribution is 2.10. The summed E-state index contributed by atoms with van der Waals surface area (Å²) in [7, 11) is 0. The summed E-state index contributed by atoms with van der Waals surface area (Å²) in [5.41, 5.74) is 0. The zero-order chi connectivity index (χ0) is 10.2. The molecule has 0 bridgehead atoms. The third-order valence-electron chi connectivity index (χ3n) is 2.11. The van der Waals surface area contributed by atoms with Gasteiger partial charge in [-0.15, -0.1) is 0 Å². The predicted octanol–water partition coefficient (Wildman–Crippen LogP) is 1.42. The van der Waals surface area contributed by atoms with E-state index in [4.69, 9.17) is 10.6 Å².